The Morgan fingerprint density at radius 2 is 1.78 bits per heavy atom. The third-order valence-corrected chi connectivity index (χ3v) is 4.79. The van der Waals surface area contributed by atoms with E-state index in [-0.39, 0.29) is 19.7 Å². The molecule has 0 spiro atoms. The zero-order valence-corrected chi connectivity index (χ0v) is 16.0. The molecular weight excluding hydrogens is 391 g/mol. The van der Waals surface area contributed by atoms with Crippen LogP contribution in [0.5, 0.6) is 0 Å². The lowest BCUT2D eigenvalue weighted by Crippen LogP contribution is -2.41. The number of rotatable bonds is 5. The summed E-state index contributed by atoms with van der Waals surface area (Å²) in [5, 5.41) is 1.04. The van der Waals surface area contributed by atoms with Crippen LogP contribution in [0, 0.1) is 0 Å². The van der Waals surface area contributed by atoms with Gasteiger partial charge in [0.25, 0.3) is 5.56 Å². The number of esters is 1. The Bertz CT molecular complexity index is 1130. The molecule has 1 heterocycles. The number of nitrogens with zero attached hydrogens (tertiary/aromatic N) is 2. The van der Waals surface area contributed by atoms with E-state index in [9.17, 15) is 14.4 Å². The van der Waals surface area contributed by atoms with Crippen molar-refractivity contribution in [3.8, 4) is 0 Å². The number of ether oxygens (including phenoxy) is 1. The molecule has 0 fully saturated rings. The van der Waals surface area contributed by atoms with Gasteiger partial charge < -0.3 is 4.74 Å². The lowest BCUT2D eigenvalue weighted by molar-refractivity contribution is -0.143. The van der Waals surface area contributed by atoms with Crippen molar-refractivity contribution in [2.24, 2.45) is 0 Å². The summed E-state index contributed by atoms with van der Waals surface area (Å²) in [5.74, 6) is -0.551. The van der Waals surface area contributed by atoms with E-state index >= 15 is 0 Å². The Labute approximate surface area is 164 Å². The van der Waals surface area contributed by atoms with E-state index in [4.69, 9.17) is 27.9 Å². The van der Waals surface area contributed by atoms with Crippen molar-refractivity contribution in [1.29, 1.82) is 0 Å². The van der Waals surface area contributed by atoms with Crippen LogP contribution in [0.25, 0.3) is 10.9 Å². The van der Waals surface area contributed by atoms with Crippen molar-refractivity contribution in [2.45, 2.75) is 20.0 Å². The van der Waals surface area contributed by atoms with Crippen LogP contribution >= 0.6 is 23.2 Å². The second kappa shape index (κ2) is 7.98. The van der Waals surface area contributed by atoms with Crippen LogP contribution in [0.15, 0.2) is 52.1 Å². The highest BCUT2D eigenvalue weighted by Crippen LogP contribution is 2.22. The standard InChI is InChI=1S/C19H16Cl2N2O4/c1-2-27-17(24)11-22-16-6-4-3-5-13(16)18(25)23(19(22)26)10-12-7-8-14(20)15(21)9-12/h3-9H,2,10-11H2,1H3. The molecule has 0 atom stereocenters. The molecule has 27 heavy (non-hydrogen) atoms. The highest BCUT2D eigenvalue weighted by atomic mass is 35.5. The summed E-state index contributed by atoms with van der Waals surface area (Å²) in [6.07, 6.45) is 0. The molecule has 0 saturated carbocycles. The molecule has 0 aliphatic rings. The third kappa shape index (κ3) is 3.91. The molecule has 0 bridgehead atoms. The summed E-state index contributed by atoms with van der Waals surface area (Å²) in [7, 11) is 0. The Hall–Kier alpha value is -2.57. The predicted molar refractivity (Wildman–Crippen MR) is 105 cm³/mol. The minimum absolute atomic E-state index is 0.00220. The molecule has 140 valence electrons. The summed E-state index contributed by atoms with van der Waals surface area (Å²) in [6.45, 7) is 1.61. The van der Waals surface area contributed by atoms with E-state index in [1.54, 1.807) is 49.4 Å². The number of para-hydroxylation sites is 1. The molecule has 0 aliphatic heterocycles. The second-order valence-corrected chi connectivity index (χ2v) is 6.65. The van der Waals surface area contributed by atoms with E-state index in [1.165, 1.54) is 4.57 Å². The number of fused-ring (bicyclic) bond motifs is 1. The van der Waals surface area contributed by atoms with Crippen molar-refractivity contribution >= 4 is 40.1 Å². The molecule has 0 aliphatic carbocycles. The largest absolute Gasteiger partial charge is 0.465 e. The summed E-state index contributed by atoms with van der Waals surface area (Å²) >= 11 is 11.9. The van der Waals surface area contributed by atoms with E-state index in [1.807, 2.05) is 0 Å². The van der Waals surface area contributed by atoms with Gasteiger partial charge in [0.1, 0.15) is 6.54 Å². The molecule has 2 aromatic carbocycles. The number of aromatic nitrogens is 2. The van der Waals surface area contributed by atoms with Gasteiger partial charge in [0.15, 0.2) is 0 Å². The summed E-state index contributed by atoms with van der Waals surface area (Å²) in [4.78, 5) is 37.7. The fraction of sp³-hybridized carbons (Fsp3) is 0.211. The lowest BCUT2D eigenvalue weighted by atomic mass is 10.2. The second-order valence-electron chi connectivity index (χ2n) is 5.83. The van der Waals surface area contributed by atoms with Gasteiger partial charge in [-0.15, -0.1) is 0 Å². The van der Waals surface area contributed by atoms with Crippen LogP contribution < -0.4 is 11.2 Å². The molecule has 3 aromatic rings. The molecule has 0 unspecified atom stereocenters. The Balaban J connectivity index is 2.17. The van der Waals surface area contributed by atoms with Crippen LogP contribution in [0.2, 0.25) is 10.0 Å². The van der Waals surface area contributed by atoms with E-state index in [2.05, 4.69) is 0 Å². The van der Waals surface area contributed by atoms with Gasteiger partial charge in [0, 0.05) is 0 Å². The Kier molecular flexibility index (Phi) is 5.68. The zero-order valence-electron chi connectivity index (χ0n) is 14.4. The fourth-order valence-electron chi connectivity index (χ4n) is 2.82. The van der Waals surface area contributed by atoms with Crippen molar-refractivity contribution in [2.75, 3.05) is 6.61 Å². The molecule has 0 N–H and O–H groups in total. The number of carbonyl (C=O) groups is 1. The summed E-state index contributed by atoms with van der Waals surface area (Å²) < 4.78 is 7.26. The minimum Gasteiger partial charge on any atom is -0.465 e. The van der Waals surface area contributed by atoms with Gasteiger partial charge in [-0.05, 0) is 36.8 Å². The van der Waals surface area contributed by atoms with Gasteiger partial charge in [0.2, 0.25) is 0 Å². The van der Waals surface area contributed by atoms with Crippen LogP contribution in [0.3, 0.4) is 0 Å². The molecule has 0 radical (unpaired) electrons. The fourth-order valence-corrected chi connectivity index (χ4v) is 3.14. The number of benzene rings is 2. The first-order chi connectivity index (χ1) is 12.9. The maximum atomic E-state index is 13.0. The molecule has 1 aromatic heterocycles. The normalized spacial score (nSPS) is 10.9. The minimum atomic E-state index is -0.599. The van der Waals surface area contributed by atoms with Crippen LogP contribution in [-0.4, -0.2) is 21.7 Å². The van der Waals surface area contributed by atoms with E-state index < -0.39 is 17.2 Å². The van der Waals surface area contributed by atoms with Gasteiger partial charge in [-0.2, -0.15) is 0 Å². The maximum absolute atomic E-state index is 13.0. The van der Waals surface area contributed by atoms with Gasteiger partial charge in [-0.3, -0.25) is 18.7 Å². The zero-order chi connectivity index (χ0) is 19.6. The van der Waals surface area contributed by atoms with E-state index in [0.717, 1.165) is 4.57 Å². The van der Waals surface area contributed by atoms with Crippen LogP contribution in [0.4, 0.5) is 0 Å². The van der Waals surface area contributed by atoms with Crippen molar-refractivity contribution in [3.63, 3.8) is 0 Å². The monoisotopic (exact) mass is 406 g/mol. The molecule has 6 nitrogen and oxygen atoms in total. The average Bonchev–Trinajstić information content (AvgIpc) is 2.65. The van der Waals surface area contributed by atoms with Crippen molar-refractivity contribution < 1.29 is 9.53 Å². The molecule has 0 saturated heterocycles. The van der Waals surface area contributed by atoms with Gasteiger partial charge in [0.05, 0.1) is 34.1 Å². The number of carbonyl (C=O) groups excluding carboxylic acids is 1. The highest BCUT2D eigenvalue weighted by Gasteiger charge is 2.16. The molecule has 3 rings (SSSR count). The van der Waals surface area contributed by atoms with Crippen molar-refractivity contribution in [1.82, 2.24) is 9.13 Å². The van der Waals surface area contributed by atoms with Crippen LogP contribution in [-0.2, 0) is 22.6 Å². The number of hydrogen-bond acceptors (Lipinski definition) is 4. The van der Waals surface area contributed by atoms with Gasteiger partial charge >= 0.3 is 11.7 Å². The van der Waals surface area contributed by atoms with E-state index in [0.29, 0.717) is 26.5 Å². The third-order valence-electron chi connectivity index (χ3n) is 4.05. The Morgan fingerprint density at radius 3 is 2.48 bits per heavy atom. The van der Waals surface area contributed by atoms with Crippen molar-refractivity contribution in [3.05, 3.63) is 78.9 Å². The molecule has 8 heteroatoms. The van der Waals surface area contributed by atoms with Gasteiger partial charge in [-0.25, -0.2) is 4.79 Å². The smallest absolute Gasteiger partial charge is 0.332 e. The highest BCUT2D eigenvalue weighted by molar-refractivity contribution is 6.42. The maximum Gasteiger partial charge on any atom is 0.332 e. The lowest BCUT2D eigenvalue weighted by Gasteiger charge is -2.14. The quantitative estimate of drug-likeness (QED) is 0.610. The first kappa shape index (κ1) is 19.2. The Morgan fingerprint density at radius 1 is 1.04 bits per heavy atom. The summed E-state index contributed by atoms with van der Waals surface area (Å²) in [5.41, 5.74) is -0.0212. The molecule has 0 amide bonds. The number of hydrogen-bond donors (Lipinski definition) is 0. The van der Waals surface area contributed by atoms with Gasteiger partial charge in [-0.1, -0.05) is 41.4 Å². The SMILES string of the molecule is CCOC(=O)Cn1c(=O)n(Cc2ccc(Cl)c(Cl)c2)c(=O)c2ccccc21. The predicted octanol–water partition coefficient (Wildman–Crippen LogP) is 3.08. The first-order valence-corrected chi connectivity index (χ1v) is 9.00. The summed E-state index contributed by atoms with van der Waals surface area (Å²) in [6, 6.07) is 11.5. The number of halogens is 2. The average molecular weight is 407 g/mol. The topological polar surface area (TPSA) is 70.3 Å². The first-order valence-electron chi connectivity index (χ1n) is 8.24. The van der Waals surface area contributed by atoms with Crippen LogP contribution in [0.1, 0.15) is 12.5 Å². The molecular formula is C19H16Cl2N2O4.